The predicted molar refractivity (Wildman–Crippen MR) is 539 cm³/mol. The van der Waals surface area contributed by atoms with Gasteiger partial charge in [0.2, 0.25) is 0 Å². The minimum absolute atomic E-state index is 0.0375. The lowest BCUT2D eigenvalue weighted by Crippen LogP contribution is -2.52. The van der Waals surface area contributed by atoms with Gasteiger partial charge in [0.1, 0.15) is 58.6 Å². The summed E-state index contributed by atoms with van der Waals surface area (Å²) < 4.78 is 99.9. The number of hydrogen-bond acceptors (Lipinski definition) is 28. The number of nitrogens with zero attached hydrogens (tertiary/aromatic N) is 10. The quantitative estimate of drug-likeness (QED) is 0.0151. The molecule has 0 radical (unpaired) electrons. The van der Waals surface area contributed by atoms with Gasteiger partial charge in [-0.15, -0.1) is 0 Å². The second-order valence-corrected chi connectivity index (χ2v) is 52.9. The Balaban J connectivity index is 0.000000134. The van der Waals surface area contributed by atoms with Gasteiger partial charge in [0.25, 0.3) is 47.3 Å². The van der Waals surface area contributed by atoms with Crippen LogP contribution in [0.2, 0.25) is 51.4 Å². The average Bonchev–Trinajstić information content (AvgIpc) is 1.58. The van der Waals surface area contributed by atoms with Crippen LogP contribution in [0.4, 0.5) is 28.0 Å². The van der Waals surface area contributed by atoms with Crippen LogP contribution in [0.25, 0.3) is 44.4 Å². The Morgan fingerprint density at radius 2 is 0.630 bits per heavy atom. The van der Waals surface area contributed by atoms with Crippen LogP contribution < -0.4 is 60.3 Å². The van der Waals surface area contributed by atoms with Crippen molar-refractivity contribution < 1.29 is 122 Å². The number of imide groups is 4. The van der Waals surface area contributed by atoms with E-state index in [0.717, 1.165) is 57.8 Å². The van der Waals surface area contributed by atoms with Crippen molar-refractivity contribution in [3.63, 3.8) is 0 Å². The van der Waals surface area contributed by atoms with E-state index < -0.39 is 110 Å². The number of aryl methyl sites for hydroxylation is 4. The lowest BCUT2D eigenvalue weighted by Gasteiger charge is -2.29. The number of hydrogen-bond donors (Lipinski definition) is 6. The van der Waals surface area contributed by atoms with Gasteiger partial charge in [-0.1, -0.05) is 63.5 Å². The number of methoxy groups -OCH3 is 6. The summed E-state index contributed by atoms with van der Waals surface area (Å²) in [6.07, 6.45) is 0. The lowest BCUT2D eigenvalue weighted by molar-refractivity contribution is -0.137. The fourth-order valence-electron chi connectivity index (χ4n) is 18.3. The number of halogens is 6. The van der Waals surface area contributed by atoms with Crippen molar-refractivity contribution in [2.24, 2.45) is 0 Å². The Morgan fingerprint density at radius 1 is 0.363 bits per heavy atom. The van der Waals surface area contributed by atoms with Gasteiger partial charge >= 0.3 is 24.1 Å². The third-order valence-electron chi connectivity index (χ3n) is 26.1. The van der Waals surface area contributed by atoms with E-state index in [1.54, 1.807) is 91.9 Å². The molecule has 8 aromatic heterocycles. The number of carbonyl (C=O) groups excluding carboxylic acids is 12. The Kier molecular flexibility index (Phi) is 28.3. The van der Waals surface area contributed by atoms with E-state index in [0.29, 0.717) is 119 Å². The van der Waals surface area contributed by atoms with Crippen LogP contribution in [0.15, 0.2) is 133 Å². The Hall–Kier alpha value is -13.8. The number of rotatable bonds is 28. The van der Waals surface area contributed by atoms with Crippen molar-refractivity contribution in [2.45, 2.75) is 127 Å². The van der Waals surface area contributed by atoms with Gasteiger partial charge in [0.05, 0.1) is 114 Å². The zero-order chi connectivity index (χ0) is 105. The van der Waals surface area contributed by atoms with Gasteiger partial charge in [-0.3, -0.25) is 49.0 Å². The normalized spacial score (nSPS) is 19.4. The third-order valence-corrected chi connectivity index (χ3v) is 32.7. The monoisotopic (exact) mass is 2290 g/mol. The lowest BCUT2D eigenvalue weighted by atomic mass is 9.95. The number of aromatic nitrogens is 4. The summed E-state index contributed by atoms with van der Waals surface area (Å²) in [6, 6.07) is 25.5. The van der Waals surface area contributed by atoms with Gasteiger partial charge in [0.15, 0.2) is 90.6 Å². The van der Waals surface area contributed by atoms with E-state index in [4.69, 9.17) is 55.6 Å². The number of urea groups is 4. The van der Waals surface area contributed by atoms with Crippen molar-refractivity contribution in [2.75, 3.05) is 95.5 Å². The van der Waals surface area contributed by atoms with Crippen molar-refractivity contribution in [1.29, 1.82) is 0 Å². The number of pyridine rings is 4. The molecule has 0 spiro atoms. The number of ether oxygens (including phenoxy) is 8. The van der Waals surface area contributed by atoms with Crippen molar-refractivity contribution in [1.82, 2.24) is 81.2 Å². The summed E-state index contributed by atoms with van der Waals surface area (Å²) >= 11 is 13.7. The van der Waals surface area contributed by atoms with E-state index in [1.165, 1.54) is 74.4 Å². The summed E-state index contributed by atoms with van der Waals surface area (Å²) in [5.41, 5.74) is 2.65. The van der Waals surface area contributed by atoms with Crippen LogP contribution in [0.1, 0.15) is 110 Å². The number of nitrogens with one attached hydrogen (secondary N) is 6. The van der Waals surface area contributed by atoms with Crippen LogP contribution in [-0.4, -0.2) is 232 Å². The van der Waals surface area contributed by atoms with E-state index in [9.17, 15) is 61.9 Å². The second-order valence-electron chi connectivity index (χ2n) is 38.2. The van der Waals surface area contributed by atoms with Gasteiger partial charge in [-0.2, -0.15) is 0 Å². The molecule has 764 valence electrons. The molecule has 0 unspecified atom stereocenters. The minimum Gasteiger partial charge on any atom is -0.494 e. The number of benzene rings is 4. The first kappa shape index (κ1) is 104. The number of furan rings is 4. The zero-order valence-corrected chi connectivity index (χ0v) is 90.0. The highest BCUT2D eigenvalue weighted by Gasteiger charge is 2.61. The molecule has 4 saturated heterocycles. The molecule has 8 aliphatic heterocycles. The molecule has 40 nitrogen and oxygen atoms in total. The molecule has 48 heteroatoms. The maximum atomic E-state index is 15.0. The summed E-state index contributed by atoms with van der Waals surface area (Å²) in [4.78, 5) is 184. The van der Waals surface area contributed by atoms with E-state index in [2.05, 4.69) is 155 Å². The van der Waals surface area contributed by atoms with Crippen molar-refractivity contribution >= 4 is 196 Å². The molecule has 12 aromatic rings. The first-order chi connectivity index (χ1) is 69.2. The molecule has 4 atom stereocenters. The molecule has 6 N–H and O–H groups in total. The van der Waals surface area contributed by atoms with Crippen molar-refractivity contribution in [3.05, 3.63) is 217 Å². The maximum Gasteiger partial charge on any atom is 0.327 e. The molecule has 0 saturated carbocycles. The maximum absolute atomic E-state index is 15.0. The molecule has 16 heterocycles. The van der Waals surface area contributed by atoms with Gasteiger partial charge in [-0.25, -0.2) is 57.7 Å². The molecule has 0 aliphatic carbocycles. The third kappa shape index (κ3) is 19.0. The molecule has 4 fully saturated rings. The van der Waals surface area contributed by atoms with E-state index in [-0.39, 0.29) is 123 Å². The highest BCUT2D eigenvalue weighted by atomic mass is 79.9. The summed E-state index contributed by atoms with van der Waals surface area (Å²) in [6.45, 7) is 20.6. The van der Waals surface area contributed by atoms with Crippen LogP contribution in [0, 0.1) is 39.3 Å². The van der Waals surface area contributed by atoms with Crippen LogP contribution in [0.3, 0.4) is 0 Å². The standard InChI is InChI=1S/C28H33BrN4O7Si.C27H30BrFN4O6Si.C22H19BrN4O6.C21H16BrFN4O5/c1-16-18(29)11-21-19(30-16)12-22(40-21)28(26(35)33(27(36)31-28)15-39-9-10-41(4,5)6)14-32-13-17-7-8-20(37-2)24(38-3)23(17)25(32)34;1-15-17(28)10-20-18(30-15)11-21(39-20)27(25(35)33(26(36)31-27)14-38-8-9-40(3,4)5)13-32-12-16-6-7-19(37-2)23(29)22(16)24(32)34;1-10-12(23)6-15-13(24-10)7-16(33-15)22(20(29)25-21(30)26-22)9-27-8-11-4-5-14(31-2)18(32-3)17(11)19(27)28;1-9-11(22)5-14-12(24-9)6-15(32-14)21(19(29)25-20(30)26-21)8-27-7-10-3-4-13(31-2)17(23)16(10)18(27)28/h7-8,11-12H,9-10,13-15H2,1-6H3,(H,31,36);6-7,10-11H,8-9,12-14H2,1-5H3,(H,31,36);4-7H,8-9H2,1-3H3,(H2,25,26,29,30);3-6H,7-8H2,1-2H3,(H2,25,26,29,30)/t28-;27-;22-;21-/m0000/s1. The van der Waals surface area contributed by atoms with Gasteiger partial charge in [0, 0.05) is 97.7 Å². The molecule has 0 bridgehead atoms. The highest BCUT2D eigenvalue weighted by molar-refractivity contribution is 9.11. The van der Waals surface area contributed by atoms with Crippen LogP contribution >= 0.6 is 63.7 Å². The largest absolute Gasteiger partial charge is 0.494 e. The van der Waals surface area contributed by atoms with E-state index >= 15 is 4.39 Å². The molecule has 4 aromatic carbocycles. The number of fused-ring (bicyclic) bond motifs is 8. The van der Waals surface area contributed by atoms with Crippen molar-refractivity contribution in [3.8, 4) is 34.5 Å². The smallest absolute Gasteiger partial charge is 0.327 e. The summed E-state index contributed by atoms with van der Waals surface area (Å²) in [5, 5.41) is 15.3. The second kappa shape index (κ2) is 39.9. The average molecular weight is 2300 g/mol. The van der Waals surface area contributed by atoms with Gasteiger partial charge < -0.3 is 96.4 Å². The minimum atomic E-state index is -1.78. The molecule has 16 amide bonds. The Morgan fingerprint density at radius 3 is 0.897 bits per heavy atom. The Bertz CT molecular complexity index is 7360. The van der Waals surface area contributed by atoms with E-state index in [1.807, 2.05) is 20.8 Å². The summed E-state index contributed by atoms with van der Waals surface area (Å²) in [7, 11) is 5.78. The molecule has 8 aliphatic rings. The fourth-order valence-corrected chi connectivity index (χ4v) is 21.0. The fraction of sp³-hybridized carbons (Fsp3) is 0.347. The Labute approximate surface area is 867 Å². The SMILES string of the molecule is COc1ccc2c(c1F)C(=O)N(C[C@@]1(c3cc4nc(C)c(Br)cc4o3)NC(=O)N(COCC[Si](C)(C)C)C1=O)C2.COc1ccc2c(c1F)C(=O)N(C[C@@]1(c3cc4nc(C)c(Br)cc4o3)NC(=O)NC1=O)C2.COc1ccc2c(c1OC)C(=O)N(C[C@@]1(c3cc4nc(C)c(Br)cc4o3)NC(=O)N(COCC[Si](C)(C)C)C1=O)C2.COc1ccc2c(c1OC)C(=O)N(C[C@@]1(c3cc4nc(C)c(Br)cc4o3)NC(=O)NC1=O)C2. The molecule has 146 heavy (non-hydrogen) atoms. The first-order valence-electron chi connectivity index (χ1n) is 45.6. The van der Waals surface area contributed by atoms with Crippen LogP contribution in [-0.2, 0) is 77.0 Å². The zero-order valence-electron chi connectivity index (χ0n) is 81.7. The molecular weight excluding hydrogens is 2200 g/mol. The van der Waals surface area contributed by atoms with Crippen LogP contribution in [0.5, 0.6) is 34.5 Å². The predicted octanol–water partition coefficient (Wildman–Crippen LogP) is 14.7. The number of carbonyl (C=O) groups is 12. The topological polar surface area (TPSA) is 474 Å². The molecular formula is C98H98Br4F2N16O24Si2. The molecule has 20 rings (SSSR count). The highest BCUT2D eigenvalue weighted by Crippen LogP contribution is 2.47. The number of amides is 16. The summed E-state index contributed by atoms with van der Waals surface area (Å²) in [5.74, 6) is -4.00. The van der Waals surface area contributed by atoms with Gasteiger partial charge in [-0.05, 0) is 174 Å². The first-order valence-corrected chi connectivity index (χ1v) is 56.2.